The van der Waals surface area contributed by atoms with Crippen LogP contribution in [0.4, 0.5) is 5.69 Å². The van der Waals surface area contributed by atoms with Crippen molar-refractivity contribution >= 4 is 34.7 Å². The second-order valence-electron chi connectivity index (χ2n) is 6.91. The van der Waals surface area contributed by atoms with Gasteiger partial charge in [-0.3, -0.25) is 14.9 Å². The Labute approximate surface area is 181 Å². The van der Waals surface area contributed by atoms with Gasteiger partial charge in [0.15, 0.2) is 4.34 Å². The first-order chi connectivity index (χ1) is 14.4. The number of nitrogens with zero attached hydrogens (tertiary/aromatic N) is 3. The number of fused-ring (bicyclic) bond motifs is 1. The van der Waals surface area contributed by atoms with Crippen molar-refractivity contribution in [2.75, 3.05) is 13.7 Å². The number of benzene rings is 2. The molecule has 0 saturated carbocycles. The number of rotatable bonds is 5. The lowest BCUT2D eigenvalue weighted by Gasteiger charge is -2.29. The van der Waals surface area contributed by atoms with E-state index in [1.807, 2.05) is 30.5 Å². The molecule has 2 aromatic carbocycles. The average molecular weight is 442 g/mol. The molecule has 0 fully saturated rings. The van der Waals surface area contributed by atoms with Crippen molar-refractivity contribution in [3.05, 3.63) is 74.3 Å². The predicted molar refractivity (Wildman–Crippen MR) is 116 cm³/mol. The fourth-order valence-corrected chi connectivity index (χ4v) is 5.25. The van der Waals surface area contributed by atoms with Gasteiger partial charge in [-0.15, -0.1) is 11.3 Å². The number of ether oxygens (including phenoxy) is 1. The average Bonchev–Trinajstić information content (AvgIpc) is 3.17. The van der Waals surface area contributed by atoms with Crippen molar-refractivity contribution < 1.29 is 14.5 Å². The van der Waals surface area contributed by atoms with Gasteiger partial charge in [-0.1, -0.05) is 17.8 Å². The van der Waals surface area contributed by atoms with Gasteiger partial charge in [0, 0.05) is 35.8 Å². The molecule has 2 heterocycles. The molecule has 0 atom stereocenters. The highest BCUT2D eigenvalue weighted by Gasteiger charge is 2.25. The summed E-state index contributed by atoms with van der Waals surface area (Å²) in [5, 5.41) is 13.5. The molecule has 0 bridgehead atoms. The van der Waals surface area contributed by atoms with Crippen LogP contribution in [0.25, 0.3) is 0 Å². The molecule has 154 valence electrons. The number of carbonyl (C=O) groups is 1. The Morgan fingerprint density at radius 2 is 2.10 bits per heavy atom. The molecule has 1 aromatic heterocycles. The van der Waals surface area contributed by atoms with Gasteiger partial charge in [-0.05, 0) is 48.7 Å². The van der Waals surface area contributed by atoms with E-state index in [0.29, 0.717) is 23.5 Å². The van der Waals surface area contributed by atoms with Crippen LogP contribution in [-0.4, -0.2) is 34.4 Å². The highest BCUT2D eigenvalue weighted by molar-refractivity contribution is 8.01. The smallest absolute Gasteiger partial charge is 0.284 e. The van der Waals surface area contributed by atoms with Crippen molar-refractivity contribution in [2.24, 2.45) is 0 Å². The Morgan fingerprint density at radius 3 is 2.80 bits per heavy atom. The van der Waals surface area contributed by atoms with Gasteiger partial charge < -0.3 is 9.64 Å². The van der Waals surface area contributed by atoms with Crippen LogP contribution < -0.4 is 4.74 Å². The van der Waals surface area contributed by atoms with Crippen molar-refractivity contribution in [1.82, 2.24) is 9.88 Å². The minimum Gasteiger partial charge on any atom is -0.497 e. The molecule has 30 heavy (non-hydrogen) atoms. The molecule has 0 spiro atoms. The fourth-order valence-electron chi connectivity index (χ4n) is 3.37. The van der Waals surface area contributed by atoms with Crippen LogP contribution in [0, 0.1) is 17.0 Å². The molecule has 1 aliphatic heterocycles. The molecule has 1 aliphatic rings. The summed E-state index contributed by atoms with van der Waals surface area (Å²) in [6, 6.07) is 10.5. The van der Waals surface area contributed by atoms with Gasteiger partial charge in [-0.25, -0.2) is 4.98 Å². The summed E-state index contributed by atoms with van der Waals surface area (Å²) in [5.41, 5.74) is 3.33. The number of amides is 1. The Bertz CT molecular complexity index is 1130. The van der Waals surface area contributed by atoms with E-state index in [1.54, 1.807) is 24.1 Å². The normalized spacial score (nSPS) is 13.1. The highest BCUT2D eigenvalue weighted by atomic mass is 32.2. The summed E-state index contributed by atoms with van der Waals surface area (Å²) in [6.45, 7) is 2.90. The van der Waals surface area contributed by atoms with Gasteiger partial charge in [0.25, 0.3) is 11.6 Å². The van der Waals surface area contributed by atoms with Crippen molar-refractivity contribution in [3.8, 4) is 5.75 Å². The second kappa shape index (κ2) is 8.45. The van der Waals surface area contributed by atoms with Gasteiger partial charge in [-0.2, -0.15) is 0 Å². The number of nitro benzene ring substituents is 1. The third-order valence-corrected chi connectivity index (χ3v) is 7.03. The molecule has 0 saturated heterocycles. The summed E-state index contributed by atoms with van der Waals surface area (Å²) >= 11 is 2.68. The molecule has 9 heteroatoms. The zero-order valence-corrected chi connectivity index (χ0v) is 18.1. The topological polar surface area (TPSA) is 85.6 Å². The fraction of sp³-hybridized carbons (Fsp3) is 0.238. The van der Waals surface area contributed by atoms with E-state index in [1.165, 1.54) is 34.7 Å². The van der Waals surface area contributed by atoms with Crippen molar-refractivity contribution in [3.63, 3.8) is 0 Å². The van der Waals surface area contributed by atoms with E-state index in [0.717, 1.165) is 27.8 Å². The van der Waals surface area contributed by atoms with Crippen LogP contribution in [0.2, 0.25) is 0 Å². The maximum absolute atomic E-state index is 13.1. The number of methoxy groups -OCH3 is 1. The molecular weight excluding hydrogens is 422 g/mol. The number of carbonyl (C=O) groups excluding carboxylic acids is 1. The predicted octanol–water partition coefficient (Wildman–Crippen LogP) is 4.72. The van der Waals surface area contributed by atoms with Crippen LogP contribution in [0.15, 0.2) is 51.0 Å². The summed E-state index contributed by atoms with van der Waals surface area (Å²) in [4.78, 5) is 30.8. The third kappa shape index (κ3) is 4.17. The van der Waals surface area contributed by atoms with Gasteiger partial charge >= 0.3 is 0 Å². The minimum atomic E-state index is -0.448. The maximum atomic E-state index is 13.1. The molecule has 7 nitrogen and oxygen atoms in total. The molecule has 0 N–H and O–H groups in total. The van der Waals surface area contributed by atoms with Gasteiger partial charge in [0.05, 0.1) is 16.9 Å². The molecule has 0 aliphatic carbocycles. The van der Waals surface area contributed by atoms with E-state index in [9.17, 15) is 14.9 Å². The number of hydrogen-bond acceptors (Lipinski definition) is 7. The third-order valence-electron chi connectivity index (χ3n) is 4.91. The number of aromatic nitrogens is 1. The summed E-state index contributed by atoms with van der Waals surface area (Å²) in [7, 11) is 1.61. The summed E-state index contributed by atoms with van der Waals surface area (Å²) in [6.07, 6.45) is 0.741. The maximum Gasteiger partial charge on any atom is 0.284 e. The quantitative estimate of drug-likeness (QED) is 0.421. The minimum absolute atomic E-state index is 0.0854. The summed E-state index contributed by atoms with van der Waals surface area (Å²) in [5.74, 6) is 0.533. The summed E-state index contributed by atoms with van der Waals surface area (Å²) < 4.78 is 6.01. The van der Waals surface area contributed by atoms with E-state index in [4.69, 9.17) is 4.74 Å². The van der Waals surface area contributed by atoms with Crippen molar-refractivity contribution in [2.45, 2.75) is 29.1 Å². The largest absolute Gasteiger partial charge is 0.497 e. The van der Waals surface area contributed by atoms with Crippen molar-refractivity contribution in [1.29, 1.82) is 0 Å². The van der Waals surface area contributed by atoms with Crippen LogP contribution >= 0.6 is 23.1 Å². The molecule has 0 unspecified atom stereocenters. The van der Waals surface area contributed by atoms with E-state index in [2.05, 4.69) is 4.98 Å². The molecular formula is C21H19N3O4S2. The standard InChI is InChI=1S/C21H19N3O4S2/c1-13-12-29-21(22-13)30-19-6-4-15(10-18(19)24(26)27)20(25)23-8-7-14-3-5-17(28-2)9-16(14)11-23/h3-6,9-10,12H,7-8,11H2,1-2H3. The number of hydrogen-bond donors (Lipinski definition) is 0. The first-order valence-corrected chi connectivity index (χ1v) is 11.0. The van der Waals surface area contributed by atoms with Crippen LogP contribution in [0.3, 0.4) is 0 Å². The van der Waals surface area contributed by atoms with E-state index in [-0.39, 0.29) is 11.6 Å². The molecule has 1 amide bonds. The Kier molecular flexibility index (Phi) is 5.74. The Hall–Kier alpha value is -2.91. The Morgan fingerprint density at radius 1 is 1.27 bits per heavy atom. The lowest BCUT2D eigenvalue weighted by molar-refractivity contribution is -0.387. The monoisotopic (exact) mass is 441 g/mol. The lowest BCUT2D eigenvalue weighted by atomic mass is 9.98. The number of aryl methyl sites for hydroxylation is 1. The lowest BCUT2D eigenvalue weighted by Crippen LogP contribution is -2.36. The second-order valence-corrected chi connectivity index (χ2v) is 9.05. The molecule has 4 rings (SSSR count). The first kappa shape index (κ1) is 20.4. The van der Waals surface area contributed by atoms with Gasteiger partial charge in [0.1, 0.15) is 5.75 Å². The zero-order chi connectivity index (χ0) is 21.3. The highest BCUT2D eigenvalue weighted by Crippen LogP contribution is 2.37. The van der Waals surface area contributed by atoms with Gasteiger partial charge in [0.2, 0.25) is 0 Å². The van der Waals surface area contributed by atoms with E-state index >= 15 is 0 Å². The van der Waals surface area contributed by atoms with Crippen LogP contribution in [0.5, 0.6) is 5.75 Å². The molecule has 3 aromatic rings. The number of nitro groups is 1. The zero-order valence-electron chi connectivity index (χ0n) is 16.5. The molecule has 0 radical (unpaired) electrons. The van der Waals surface area contributed by atoms with Crippen LogP contribution in [-0.2, 0) is 13.0 Å². The van der Waals surface area contributed by atoms with Crippen LogP contribution in [0.1, 0.15) is 27.2 Å². The number of thiazole rings is 1. The van der Waals surface area contributed by atoms with E-state index < -0.39 is 4.92 Å². The SMILES string of the molecule is COc1ccc2c(c1)CN(C(=O)c1ccc(Sc3nc(C)cs3)c([N+](=O)[O-])c1)CC2. The first-order valence-electron chi connectivity index (χ1n) is 9.28. The Balaban J connectivity index is 1.58.